The molecule has 33 heavy (non-hydrogen) atoms. The lowest BCUT2D eigenvalue weighted by atomic mass is 9.89. The molecule has 4 rings (SSSR count). The Morgan fingerprint density at radius 2 is 1.88 bits per heavy atom. The van der Waals surface area contributed by atoms with E-state index in [0.717, 1.165) is 29.0 Å². The minimum Gasteiger partial charge on any atom is -0.352 e. The Hall–Kier alpha value is -3.03. The minimum absolute atomic E-state index is 0.0102. The first-order chi connectivity index (χ1) is 15.9. The third-order valence-electron chi connectivity index (χ3n) is 6.54. The van der Waals surface area contributed by atoms with E-state index in [1.807, 2.05) is 91.5 Å². The van der Waals surface area contributed by atoms with Crippen molar-refractivity contribution in [3.05, 3.63) is 77.3 Å². The second-order valence-corrected chi connectivity index (χ2v) is 9.80. The van der Waals surface area contributed by atoms with Crippen LogP contribution < -0.4 is 5.32 Å². The SMILES string of the molecule is CN(C)C(C)(C(=O)NC[C@H]1CCCN1C(=O)c1ccc(-c2ccccn2)s1)c1ccccc1. The van der Waals surface area contributed by atoms with E-state index >= 15 is 0 Å². The zero-order valence-corrected chi connectivity index (χ0v) is 20.1. The van der Waals surface area contributed by atoms with Gasteiger partial charge in [-0.05, 0) is 63.7 Å². The van der Waals surface area contributed by atoms with Crippen LogP contribution in [0.25, 0.3) is 10.6 Å². The molecule has 1 unspecified atom stereocenters. The lowest BCUT2D eigenvalue weighted by molar-refractivity contribution is -0.131. The standard InChI is InChI=1S/C26H30N4O2S/c1-26(29(2)3,19-10-5-4-6-11-19)25(32)28-18-20-12-9-17-30(20)24(31)23-15-14-22(33-23)21-13-7-8-16-27-21/h4-8,10-11,13-16,20H,9,12,17-18H2,1-3H3,(H,28,32)/t20-,26?/m1/s1. The molecular formula is C26H30N4O2S. The first-order valence-electron chi connectivity index (χ1n) is 11.2. The molecule has 0 radical (unpaired) electrons. The van der Waals surface area contributed by atoms with E-state index < -0.39 is 5.54 Å². The topological polar surface area (TPSA) is 65.5 Å². The van der Waals surface area contributed by atoms with Crippen LogP contribution in [0.15, 0.2) is 66.9 Å². The Morgan fingerprint density at radius 1 is 1.12 bits per heavy atom. The quantitative estimate of drug-likeness (QED) is 0.576. The number of benzene rings is 1. The summed E-state index contributed by atoms with van der Waals surface area (Å²) in [7, 11) is 3.82. The molecular weight excluding hydrogens is 432 g/mol. The zero-order chi connectivity index (χ0) is 23.4. The highest BCUT2D eigenvalue weighted by Gasteiger charge is 2.38. The lowest BCUT2D eigenvalue weighted by Crippen LogP contribution is -2.54. The predicted molar refractivity (Wildman–Crippen MR) is 132 cm³/mol. The van der Waals surface area contributed by atoms with Gasteiger partial charge in [0.2, 0.25) is 5.91 Å². The van der Waals surface area contributed by atoms with Gasteiger partial charge in [-0.2, -0.15) is 0 Å². The molecule has 3 heterocycles. The first-order valence-corrected chi connectivity index (χ1v) is 12.1. The summed E-state index contributed by atoms with van der Waals surface area (Å²) < 4.78 is 0. The van der Waals surface area contributed by atoms with Crippen molar-refractivity contribution in [2.45, 2.75) is 31.3 Å². The van der Waals surface area contributed by atoms with Gasteiger partial charge in [-0.3, -0.25) is 19.5 Å². The molecule has 2 atom stereocenters. The van der Waals surface area contributed by atoms with Crippen molar-refractivity contribution in [1.29, 1.82) is 0 Å². The molecule has 0 spiro atoms. The number of likely N-dealkylation sites (N-methyl/N-ethyl adjacent to an activating group) is 1. The number of likely N-dealkylation sites (tertiary alicyclic amines) is 1. The first kappa shape index (κ1) is 23.1. The summed E-state index contributed by atoms with van der Waals surface area (Å²) in [6.07, 6.45) is 3.58. The number of nitrogens with zero attached hydrogens (tertiary/aromatic N) is 3. The number of aromatic nitrogens is 1. The molecule has 6 nitrogen and oxygen atoms in total. The average Bonchev–Trinajstić information content (AvgIpc) is 3.52. The van der Waals surface area contributed by atoms with Crippen molar-refractivity contribution < 1.29 is 9.59 Å². The van der Waals surface area contributed by atoms with E-state index in [0.29, 0.717) is 18.0 Å². The summed E-state index contributed by atoms with van der Waals surface area (Å²) in [5.74, 6) is -0.0380. The summed E-state index contributed by atoms with van der Waals surface area (Å²) in [6, 6.07) is 19.4. The second kappa shape index (κ2) is 9.85. The fraction of sp³-hybridized carbons (Fsp3) is 0.346. The van der Waals surface area contributed by atoms with E-state index in [2.05, 4.69) is 10.3 Å². The third kappa shape index (κ3) is 4.70. The lowest BCUT2D eigenvalue weighted by Gasteiger charge is -2.36. The summed E-state index contributed by atoms with van der Waals surface area (Å²) in [5, 5.41) is 3.13. The van der Waals surface area contributed by atoms with Crippen molar-refractivity contribution in [2.24, 2.45) is 0 Å². The molecule has 0 saturated carbocycles. The maximum atomic E-state index is 13.3. The molecule has 1 fully saturated rings. The normalized spacial score (nSPS) is 17.7. The number of pyridine rings is 1. The summed E-state index contributed by atoms with van der Waals surface area (Å²) >= 11 is 1.47. The van der Waals surface area contributed by atoms with Crippen LogP contribution in [-0.4, -0.2) is 59.8 Å². The number of hydrogen-bond donors (Lipinski definition) is 1. The fourth-order valence-corrected chi connectivity index (χ4v) is 5.23. The molecule has 172 valence electrons. The Balaban J connectivity index is 1.44. The van der Waals surface area contributed by atoms with Crippen LogP contribution in [-0.2, 0) is 10.3 Å². The number of thiophene rings is 1. The predicted octanol–water partition coefficient (Wildman–Crippen LogP) is 4.01. The van der Waals surface area contributed by atoms with Crippen LogP contribution in [0.1, 0.15) is 35.0 Å². The van der Waals surface area contributed by atoms with E-state index in [-0.39, 0.29) is 17.9 Å². The highest BCUT2D eigenvalue weighted by molar-refractivity contribution is 7.17. The molecule has 7 heteroatoms. The fourth-order valence-electron chi connectivity index (χ4n) is 4.29. The Bertz CT molecular complexity index is 1100. The van der Waals surface area contributed by atoms with E-state index in [9.17, 15) is 9.59 Å². The van der Waals surface area contributed by atoms with E-state index in [4.69, 9.17) is 0 Å². The van der Waals surface area contributed by atoms with Crippen LogP contribution in [0.4, 0.5) is 0 Å². The van der Waals surface area contributed by atoms with Gasteiger partial charge in [0, 0.05) is 25.3 Å². The number of amides is 2. The van der Waals surface area contributed by atoms with Crippen molar-refractivity contribution in [3.63, 3.8) is 0 Å². The molecule has 2 amide bonds. The van der Waals surface area contributed by atoms with Crippen molar-refractivity contribution >= 4 is 23.2 Å². The van der Waals surface area contributed by atoms with Gasteiger partial charge < -0.3 is 10.2 Å². The highest BCUT2D eigenvalue weighted by atomic mass is 32.1. The largest absolute Gasteiger partial charge is 0.352 e. The zero-order valence-electron chi connectivity index (χ0n) is 19.3. The minimum atomic E-state index is -0.792. The molecule has 3 aromatic rings. The van der Waals surface area contributed by atoms with Crippen molar-refractivity contribution in [2.75, 3.05) is 27.2 Å². The molecule has 0 bridgehead atoms. The van der Waals surface area contributed by atoms with Crippen molar-refractivity contribution in [1.82, 2.24) is 20.1 Å². The van der Waals surface area contributed by atoms with Crippen molar-refractivity contribution in [3.8, 4) is 10.6 Å². The number of carbonyl (C=O) groups excluding carboxylic acids is 2. The summed E-state index contributed by atoms with van der Waals surface area (Å²) in [4.78, 5) is 36.5. The van der Waals surface area contributed by atoms with Gasteiger partial charge in [-0.25, -0.2) is 0 Å². The Kier molecular flexibility index (Phi) is 6.91. The molecule has 1 N–H and O–H groups in total. The van der Waals surface area contributed by atoms with Gasteiger partial charge >= 0.3 is 0 Å². The van der Waals surface area contributed by atoms with Gasteiger partial charge in [0.15, 0.2) is 0 Å². The number of carbonyl (C=O) groups is 2. The van der Waals surface area contributed by atoms with Crippen LogP contribution in [0.2, 0.25) is 0 Å². The number of nitrogens with one attached hydrogen (secondary N) is 1. The Morgan fingerprint density at radius 3 is 2.58 bits per heavy atom. The average molecular weight is 463 g/mol. The van der Waals surface area contributed by atoms with Crippen LogP contribution in [0.5, 0.6) is 0 Å². The molecule has 1 aliphatic rings. The highest BCUT2D eigenvalue weighted by Crippen LogP contribution is 2.30. The molecule has 0 aliphatic carbocycles. The summed E-state index contributed by atoms with van der Waals surface area (Å²) in [6.45, 7) is 3.08. The molecule has 2 aromatic heterocycles. The van der Waals surface area contributed by atoms with Gasteiger partial charge in [0.25, 0.3) is 5.91 Å². The Labute approximate surface area is 199 Å². The molecule has 1 aromatic carbocycles. The molecule has 1 aliphatic heterocycles. The van der Waals surface area contributed by atoms with Crippen LogP contribution in [0, 0.1) is 0 Å². The van der Waals surface area contributed by atoms with Gasteiger partial charge in [0.1, 0.15) is 5.54 Å². The van der Waals surface area contributed by atoms with Crippen LogP contribution in [0.3, 0.4) is 0 Å². The number of rotatable bonds is 7. The van der Waals surface area contributed by atoms with Gasteiger partial charge in [-0.1, -0.05) is 36.4 Å². The van der Waals surface area contributed by atoms with Crippen LogP contribution >= 0.6 is 11.3 Å². The maximum absolute atomic E-state index is 13.3. The second-order valence-electron chi connectivity index (χ2n) is 8.72. The molecule has 1 saturated heterocycles. The monoisotopic (exact) mass is 462 g/mol. The summed E-state index contributed by atoms with van der Waals surface area (Å²) in [5.41, 5.74) is 1.02. The van der Waals surface area contributed by atoms with E-state index in [1.54, 1.807) is 6.20 Å². The maximum Gasteiger partial charge on any atom is 0.264 e. The smallest absolute Gasteiger partial charge is 0.264 e. The van der Waals surface area contributed by atoms with Gasteiger partial charge in [-0.15, -0.1) is 11.3 Å². The van der Waals surface area contributed by atoms with Gasteiger partial charge in [0.05, 0.1) is 15.4 Å². The number of hydrogen-bond acceptors (Lipinski definition) is 5. The third-order valence-corrected chi connectivity index (χ3v) is 7.64. The van der Waals surface area contributed by atoms with E-state index in [1.165, 1.54) is 11.3 Å².